The molecule has 0 atom stereocenters. The number of carbonyl (C=O) groups excluding carboxylic acids is 2. The Morgan fingerprint density at radius 3 is 2.52 bits per heavy atom. The van der Waals surface area contributed by atoms with Crippen molar-refractivity contribution < 1.29 is 18.7 Å². The standard InChI is InChI=1S/C21H21FN2O3/c1-4-27-19(25)13-5-8-15(9-6-13)24-20(26)21(2,3)17-12-23-18-11-14(22)7-10-16(17)18/h5-12,23H,4H2,1-3H3,(H,24,26). The van der Waals surface area contributed by atoms with Crippen LogP contribution in [-0.2, 0) is 14.9 Å². The zero-order chi connectivity index (χ0) is 19.6. The van der Waals surface area contributed by atoms with Gasteiger partial charge in [0.1, 0.15) is 5.82 Å². The van der Waals surface area contributed by atoms with Crippen LogP contribution in [0.25, 0.3) is 10.9 Å². The molecule has 2 N–H and O–H groups in total. The van der Waals surface area contributed by atoms with E-state index >= 15 is 0 Å². The minimum atomic E-state index is -0.851. The van der Waals surface area contributed by atoms with Crippen LogP contribution in [0.4, 0.5) is 10.1 Å². The van der Waals surface area contributed by atoms with Gasteiger partial charge in [0.25, 0.3) is 0 Å². The number of anilines is 1. The summed E-state index contributed by atoms with van der Waals surface area (Å²) in [6.45, 7) is 5.66. The van der Waals surface area contributed by atoms with Crippen molar-refractivity contribution >= 4 is 28.5 Å². The molecule has 6 heteroatoms. The number of nitrogens with one attached hydrogen (secondary N) is 2. The number of halogens is 1. The third-order valence-corrected chi connectivity index (χ3v) is 4.54. The van der Waals surface area contributed by atoms with E-state index in [1.165, 1.54) is 12.1 Å². The SMILES string of the molecule is CCOC(=O)c1ccc(NC(=O)C(C)(C)c2c[nH]c3cc(F)ccc23)cc1. The number of benzene rings is 2. The fourth-order valence-electron chi connectivity index (χ4n) is 2.93. The maximum atomic E-state index is 13.4. The first kappa shape index (κ1) is 18.6. The van der Waals surface area contributed by atoms with E-state index in [-0.39, 0.29) is 11.7 Å². The Morgan fingerprint density at radius 2 is 1.85 bits per heavy atom. The quantitative estimate of drug-likeness (QED) is 0.656. The van der Waals surface area contributed by atoms with Gasteiger partial charge in [-0.1, -0.05) is 0 Å². The molecule has 0 spiro atoms. The Balaban J connectivity index is 1.80. The Morgan fingerprint density at radius 1 is 1.15 bits per heavy atom. The molecule has 0 radical (unpaired) electrons. The van der Waals surface area contributed by atoms with Crippen LogP contribution >= 0.6 is 0 Å². The van der Waals surface area contributed by atoms with E-state index in [1.807, 2.05) is 0 Å². The summed E-state index contributed by atoms with van der Waals surface area (Å²) >= 11 is 0. The van der Waals surface area contributed by atoms with Gasteiger partial charge in [0.2, 0.25) is 5.91 Å². The Bertz CT molecular complexity index is 990. The number of hydrogen-bond acceptors (Lipinski definition) is 3. The molecule has 0 unspecified atom stereocenters. The second-order valence-electron chi connectivity index (χ2n) is 6.77. The molecule has 27 heavy (non-hydrogen) atoms. The van der Waals surface area contributed by atoms with Crippen LogP contribution in [0.3, 0.4) is 0 Å². The van der Waals surface area contributed by atoms with E-state index in [0.29, 0.717) is 23.4 Å². The number of H-pyrrole nitrogens is 1. The molecule has 1 aromatic heterocycles. The molecule has 0 saturated carbocycles. The van der Waals surface area contributed by atoms with Crippen molar-refractivity contribution in [1.29, 1.82) is 0 Å². The average molecular weight is 368 g/mol. The molecule has 3 aromatic rings. The lowest BCUT2D eigenvalue weighted by Gasteiger charge is -2.23. The van der Waals surface area contributed by atoms with Crippen molar-refractivity contribution in [2.45, 2.75) is 26.2 Å². The molecule has 0 aliphatic heterocycles. The molecule has 0 fully saturated rings. The summed E-state index contributed by atoms with van der Waals surface area (Å²) in [5.74, 6) is -0.946. The maximum Gasteiger partial charge on any atom is 0.338 e. The number of hydrogen-bond donors (Lipinski definition) is 2. The molecule has 0 bridgehead atoms. The number of aromatic amines is 1. The lowest BCUT2D eigenvalue weighted by Crippen LogP contribution is -2.34. The van der Waals surface area contributed by atoms with Crippen LogP contribution in [0.1, 0.15) is 36.7 Å². The van der Waals surface area contributed by atoms with Gasteiger partial charge in [0.05, 0.1) is 17.6 Å². The van der Waals surface area contributed by atoms with Crippen molar-refractivity contribution in [2.24, 2.45) is 0 Å². The second kappa shape index (κ2) is 7.23. The second-order valence-corrected chi connectivity index (χ2v) is 6.77. The largest absolute Gasteiger partial charge is 0.462 e. The minimum Gasteiger partial charge on any atom is -0.462 e. The van der Waals surface area contributed by atoms with Crippen molar-refractivity contribution in [3.63, 3.8) is 0 Å². The van der Waals surface area contributed by atoms with Gasteiger partial charge in [0, 0.05) is 22.8 Å². The smallest absolute Gasteiger partial charge is 0.338 e. The molecule has 5 nitrogen and oxygen atoms in total. The van der Waals surface area contributed by atoms with E-state index in [9.17, 15) is 14.0 Å². The molecule has 1 heterocycles. The van der Waals surface area contributed by atoms with Crippen molar-refractivity contribution in [3.05, 3.63) is 65.6 Å². The maximum absolute atomic E-state index is 13.4. The number of aromatic nitrogens is 1. The Hall–Kier alpha value is -3.15. The summed E-state index contributed by atoms with van der Waals surface area (Å²) in [7, 11) is 0. The van der Waals surface area contributed by atoms with Gasteiger partial charge in [-0.15, -0.1) is 0 Å². The molecule has 2 aromatic carbocycles. The summed E-state index contributed by atoms with van der Waals surface area (Å²) < 4.78 is 18.3. The monoisotopic (exact) mass is 368 g/mol. The summed E-state index contributed by atoms with van der Waals surface area (Å²) in [5.41, 5.74) is 1.57. The predicted octanol–water partition coefficient (Wildman–Crippen LogP) is 4.40. The summed E-state index contributed by atoms with van der Waals surface area (Å²) in [5, 5.41) is 3.67. The van der Waals surface area contributed by atoms with Crippen LogP contribution in [-0.4, -0.2) is 23.5 Å². The first-order chi connectivity index (χ1) is 12.8. The predicted molar refractivity (Wildman–Crippen MR) is 102 cm³/mol. The first-order valence-corrected chi connectivity index (χ1v) is 8.68. The molecule has 1 amide bonds. The summed E-state index contributed by atoms with van der Waals surface area (Å²) in [6.07, 6.45) is 1.73. The number of rotatable bonds is 5. The third kappa shape index (κ3) is 3.69. The van der Waals surface area contributed by atoms with Gasteiger partial charge in [-0.05, 0) is 68.8 Å². The summed E-state index contributed by atoms with van der Waals surface area (Å²) in [6, 6.07) is 11.0. The average Bonchev–Trinajstić information content (AvgIpc) is 3.06. The van der Waals surface area contributed by atoms with E-state index in [2.05, 4.69) is 10.3 Å². The molecular weight excluding hydrogens is 347 g/mol. The van der Waals surface area contributed by atoms with E-state index < -0.39 is 11.4 Å². The highest BCUT2D eigenvalue weighted by atomic mass is 19.1. The fraction of sp³-hybridized carbons (Fsp3) is 0.238. The van der Waals surface area contributed by atoms with Crippen LogP contribution in [0.2, 0.25) is 0 Å². The van der Waals surface area contributed by atoms with Gasteiger partial charge in [-0.25, -0.2) is 9.18 Å². The van der Waals surface area contributed by atoms with Crippen LogP contribution in [0.5, 0.6) is 0 Å². The summed E-state index contributed by atoms with van der Waals surface area (Å²) in [4.78, 5) is 27.6. The van der Waals surface area contributed by atoms with Crippen LogP contribution in [0.15, 0.2) is 48.7 Å². The van der Waals surface area contributed by atoms with E-state index in [4.69, 9.17) is 4.74 Å². The topological polar surface area (TPSA) is 71.2 Å². The molecule has 0 aliphatic carbocycles. The van der Waals surface area contributed by atoms with E-state index in [1.54, 1.807) is 57.3 Å². The highest BCUT2D eigenvalue weighted by molar-refractivity contribution is 6.02. The Kier molecular flexibility index (Phi) is 4.99. The fourth-order valence-corrected chi connectivity index (χ4v) is 2.93. The van der Waals surface area contributed by atoms with Gasteiger partial charge in [0.15, 0.2) is 0 Å². The van der Waals surface area contributed by atoms with Crippen LogP contribution < -0.4 is 5.32 Å². The van der Waals surface area contributed by atoms with Crippen molar-refractivity contribution in [3.8, 4) is 0 Å². The number of esters is 1. The minimum absolute atomic E-state index is 0.211. The molecule has 140 valence electrons. The zero-order valence-corrected chi connectivity index (χ0v) is 15.4. The van der Waals surface area contributed by atoms with Gasteiger partial charge >= 0.3 is 5.97 Å². The Labute approximate surface area is 156 Å². The van der Waals surface area contributed by atoms with Gasteiger partial charge < -0.3 is 15.0 Å². The van der Waals surface area contributed by atoms with Gasteiger partial charge in [-0.2, -0.15) is 0 Å². The highest BCUT2D eigenvalue weighted by Gasteiger charge is 2.32. The molecule has 0 aliphatic rings. The number of ether oxygens (including phenoxy) is 1. The molecular formula is C21H21FN2O3. The number of fused-ring (bicyclic) bond motifs is 1. The number of carbonyl (C=O) groups is 2. The van der Waals surface area contributed by atoms with Crippen molar-refractivity contribution in [2.75, 3.05) is 11.9 Å². The first-order valence-electron chi connectivity index (χ1n) is 8.68. The highest BCUT2D eigenvalue weighted by Crippen LogP contribution is 2.32. The molecule has 3 rings (SSSR count). The normalized spacial score (nSPS) is 11.4. The third-order valence-electron chi connectivity index (χ3n) is 4.54. The van der Waals surface area contributed by atoms with Gasteiger partial charge in [-0.3, -0.25) is 4.79 Å². The van der Waals surface area contributed by atoms with Crippen LogP contribution in [0, 0.1) is 5.82 Å². The van der Waals surface area contributed by atoms with Crippen molar-refractivity contribution in [1.82, 2.24) is 4.98 Å². The zero-order valence-electron chi connectivity index (χ0n) is 15.4. The van der Waals surface area contributed by atoms with E-state index in [0.717, 1.165) is 10.9 Å². The lowest BCUT2D eigenvalue weighted by atomic mass is 9.83. The lowest BCUT2D eigenvalue weighted by molar-refractivity contribution is -0.120. The number of amides is 1. The molecule has 0 saturated heterocycles.